The van der Waals surface area contributed by atoms with E-state index in [1.807, 2.05) is 30.3 Å². The number of amides is 1. The summed E-state index contributed by atoms with van der Waals surface area (Å²) in [6, 6.07) is 9.90. The van der Waals surface area contributed by atoms with Crippen molar-refractivity contribution in [2.75, 3.05) is 19.6 Å². The Morgan fingerprint density at radius 3 is 2.56 bits per heavy atom. The van der Waals surface area contributed by atoms with Crippen LogP contribution in [0.1, 0.15) is 74.5 Å². The van der Waals surface area contributed by atoms with Crippen LogP contribution in [0.3, 0.4) is 0 Å². The zero-order chi connectivity index (χ0) is 23.8. The molecule has 1 saturated carbocycles. The van der Waals surface area contributed by atoms with Crippen molar-refractivity contribution in [1.82, 2.24) is 20.8 Å². The van der Waals surface area contributed by atoms with Gasteiger partial charge >= 0.3 is 0 Å². The molecule has 200 valence electrons. The molecule has 2 heterocycles. The number of alkyl halides is 1. The molecule has 2 atom stereocenters. The summed E-state index contributed by atoms with van der Waals surface area (Å²) in [5.41, 5.74) is 3.07. The molecule has 2 aliphatic rings. The Morgan fingerprint density at radius 1 is 1.11 bits per heavy atom. The third-order valence-corrected chi connectivity index (χ3v) is 6.96. The van der Waals surface area contributed by atoms with E-state index in [0.29, 0.717) is 25.6 Å². The summed E-state index contributed by atoms with van der Waals surface area (Å²) in [5, 5.41) is 14.5. The van der Waals surface area contributed by atoms with E-state index in [-0.39, 0.29) is 42.3 Å². The molecule has 6 nitrogen and oxygen atoms in total. The van der Waals surface area contributed by atoms with Crippen LogP contribution in [0.2, 0.25) is 0 Å². The first-order valence-corrected chi connectivity index (χ1v) is 12.9. The highest BCUT2D eigenvalue weighted by molar-refractivity contribution is 5.93. The minimum Gasteiger partial charge on any atom is -0.490 e. The Bertz CT molecular complexity index is 942. The highest BCUT2D eigenvalue weighted by atomic mass is 35.5. The number of unbranched alkanes of at least 4 members (excludes halogenated alkanes) is 1. The number of halogens is 3. The number of nitrogens with zero attached hydrogens (tertiary/aromatic N) is 2. The van der Waals surface area contributed by atoms with E-state index in [1.165, 1.54) is 19.3 Å². The molecule has 1 aromatic heterocycles. The second-order valence-corrected chi connectivity index (χ2v) is 9.57. The molecule has 1 amide bonds. The number of benzene rings is 1. The summed E-state index contributed by atoms with van der Waals surface area (Å²) in [5.74, 6) is 0.408. The first-order chi connectivity index (χ1) is 16.6. The molecule has 0 unspecified atom stereocenters. The predicted molar refractivity (Wildman–Crippen MR) is 146 cm³/mol. The normalized spacial score (nSPS) is 20.1. The van der Waals surface area contributed by atoms with Crippen molar-refractivity contribution in [3.63, 3.8) is 0 Å². The van der Waals surface area contributed by atoms with Gasteiger partial charge in [-0.3, -0.25) is 4.79 Å². The van der Waals surface area contributed by atoms with Crippen molar-refractivity contribution in [2.24, 2.45) is 5.92 Å². The minimum absolute atomic E-state index is 0. The van der Waals surface area contributed by atoms with Gasteiger partial charge in [-0.1, -0.05) is 31.9 Å². The maximum absolute atomic E-state index is 14.1. The van der Waals surface area contributed by atoms with Gasteiger partial charge in [0.2, 0.25) is 0 Å². The standard InChI is InChI=1S/C27H37FN4O2.2ClH/c1-2-3-9-25-23(19-10-12-22(13-11-19)34-21-7-5-4-6-8-21)16-26(32-31-25)27(33)30-17-20-14-15-29-18-24(20)28;;/h10-13,16,20-21,24,29H,2-9,14-15,17-18H2,1H3,(H,30,33);2*1H/t20-,24-;;/m0../s1. The fraction of sp³-hybridized carbons (Fsp3) is 0.593. The number of carbonyl (C=O) groups excluding carboxylic acids is 1. The monoisotopic (exact) mass is 540 g/mol. The van der Waals surface area contributed by atoms with E-state index in [9.17, 15) is 9.18 Å². The smallest absolute Gasteiger partial charge is 0.271 e. The number of aromatic nitrogens is 2. The van der Waals surface area contributed by atoms with Gasteiger partial charge in [0.15, 0.2) is 5.69 Å². The SMILES string of the molecule is CCCCc1nnc(C(=O)NC[C@@H]2CCNC[C@@H]2F)cc1-c1ccc(OC2CCCCC2)cc1.Cl.Cl. The van der Waals surface area contributed by atoms with Crippen molar-refractivity contribution < 1.29 is 13.9 Å². The lowest BCUT2D eigenvalue weighted by Gasteiger charge is -2.26. The number of hydrogen-bond acceptors (Lipinski definition) is 5. The highest BCUT2D eigenvalue weighted by Gasteiger charge is 2.25. The number of rotatable bonds is 9. The number of nitrogens with one attached hydrogen (secondary N) is 2. The van der Waals surface area contributed by atoms with Crippen LogP contribution in [-0.2, 0) is 6.42 Å². The Kier molecular flexibility index (Phi) is 12.9. The van der Waals surface area contributed by atoms with E-state index < -0.39 is 6.17 Å². The third kappa shape index (κ3) is 8.29. The number of aryl methyl sites for hydroxylation is 1. The van der Waals surface area contributed by atoms with Crippen LogP contribution in [0, 0.1) is 5.92 Å². The van der Waals surface area contributed by atoms with Crippen LogP contribution in [0.25, 0.3) is 11.1 Å². The lowest BCUT2D eigenvalue weighted by molar-refractivity contribution is 0.0922. The number of carbonyl (C=O) groups is 1. The van der Waals surface area contributed by atoms with Crippen molar-refractivity contribution in [3.05, 3.63) is 41.7 Å². The average molecular weight is 542 g/mol. The second-order valence-electron chi connectivity index (χ2n) is 9.57. The molecule has 36 heavy (non-hydrogen) atoms. The maximum atomic E-state index is 14.1. The van der Waals surface area contributed by atoms with Crippen molar-refractivity contribution in [3.8, 4) is 16.9 Å². The zero-order valence-electron chi connectivity index (χ0n) is 21.0. The van der Waals surface area contributed by atoms with Crippen LogP contribution in [0.4, 0.5) is 4.39 Å². The van der Waals surface area contributed by atoms with Gasteiger partial charge in [-0.2, -0.15) is 5.10 Å². The highest BCUT2D eigenvalue weighted by Crippen LogP contribution is 2.28. The van der Waals surface area contributed by atoms with Gasteiger partial charge < -0.3 is 15.4 Å². The molecular weight excluding hydrogens is 502 g/mol. The topological polar surface area (TPSA) is 76.1 Å². The van der Waals surface area contributed by atoms with Crippen LogP contribution in [0.5, 0.6) is 5.75 Å². The fourth-order valence-electron chi connectivity index (χ4n) is 4.81. The van der Waals surface area contributed by atoms with Crippen LogP contribution < -0.4 is 15.4 Å². The lowest BCUT2D eigenvalue weighted by atomic mass is 9.96. The Balaban J connectivity index is 0.00000228. The first-order valence-electron chi connectivity index (χ1n) is 12.9. The largest absolute Gasteiger partial charge is 0.490 e. The van der Waals surface area contributed by atoms with Crippen molar-refractivity contribution in [1.29, 1.82) is 0 Å². The minimum atomic E-state index is -0.943. The summed E-state index contributed by atoms with van der Waals surface area (Å²) in [4.78, 5) is 12.8. The predicted octanol–water partition coefficient (Wildman–Crippen LogP) is 5.72. The molecule has 0 radical (unpaired) electrons. The van der Waals surface area contributed by atoms with Gasteiger partial charge in [0.1, 0.15) is 11.9 Å². The molecule has 1 saturated heterocycles. The van der Waals surface area contributed by atoms with E-state index in [4.69, 9.17) is 4.74 Å². The van der Waals surface area contributed by atoms with E-state index in [1.54, 1.807) is 0 Å². The molecule has 2 fully saturated rings. The molecule has 9 heteroatoms. The zero-order valence-corrected chi connectivity index (χ0v) is 22.6. The Hall–Kier alpha value is -1.96. The molecule has 0 spiro atoms. The fourth-order valence-corrected chi connectivity index (χ4v) is 4.81. The molecule has 0 bridgehead atoms. The summed E-state index contributed by atoms with van der Waals surface area (Å²) < 4.78 is 20.3. The van der Waals surface area contributed by atoms with Gasteiger partial charge in [-0.05, 0) is 75.3 Å². The number of ether oxygens (including phenoxy) is 1. The van der Waals surface area contributed by atoms with E-state index >= 15 is 0 Å². The Labute approximate surface area is 226 Å². The van der Waals surface area contributed by atoms with Crippen molar-refractivity contribution in [2.45, 2.75) is 77.0 Å². The first kappa shape index (κ1) is 30.3. The lowest BCUT2D eigenvalue weighted by Crippen LogP contribution is -2.43. The maximum Gasteiger partial charge on any atom is 0.271 e. The molecule has 1 aliphatic heterocycles. The Morgan fingerprint density at radius 2 is 1.86 bits per heavy atom. The van der Waals surface area contributed by atoms with Gasteiger partial charge in [0.05, 0.1) is 11.8 Å². The molecule has 4 rings (SSSR count). The second kappa shape index (κ2) is 15.3. The van der Waals surface area contributed by atoms with Crippen LogP contribution in [0.15, 0.2) is 30.3 Å². The van der Waals surface area contributed by atoms with Gasteiger partial charge in [-0.25, -0.2) is 4.39 Å². The molecule has 2 aromatic rings. The molecular formula is C27H39Cl2FN4O2. The van der Waals surface area contributed by atoms with Gasteiger partial charge in [-0.15, -0.1) is 29.9 Å². The molecule has 1 aromatic carbocycles. The summed E-state index contributed by atoms with van der Waals surface area (Å²) in [6.07, 6.45) is 8.96. The quantitative estimate of drug-likeness (QED) is 0.425. The van der Waals surface area contributed by atoms with Gasteiger partial charge in [0.25, 0.3) is 5.91 Å². The third-order valence-electron chi connectivity index (χ3n) is 6.96. The van der Waals surface area contributed by atoms with Crippen LogP contribution in [-0.4, -0.2) is 48.0 Å². The summed E-state index contributed by atoms with van der Waals surface area (Å²) in [7, 11) is 0. The molecule has 1 aliphatic carbocycles. The van der Waals surface area contributed by atoms with Crippen LogP contribution >= 0.6 is 24.8 Å². The summed E-state index contributed by atoms with van der Waals surface area (Å²) in [6.45, 7) is 3.57. The average Bonchev–Trinajstić information content (AvgIpc) is 2.88. The van der Waals surface area contributed by atoms with E-state index in [0.717, 1.165) is 61.2 Å². The summed E-state index contributed by atoms with van der Waals surface area (Å²) >= 11 is 0. The van der Waals surface area contributed by atoms with Gasteiger partial charge in [0, 0.05) is 24.6 Å². The number of hydrogen-bond donors (Lipinski definition) is 2. The number of piperidine rings is 1. The van der Waals surface area contributed by atoms with E-state index in [2.05, 4.69) is 27.8 Å². The van der Waals surface area contributed by atoms with Crippen molar-refractivity contribution >= 4 is 30.7 Å². The molecule has 2 N–H and O–H groups in total.